The lowest BCUT2D eigenvalue weighted by Gasteiger charge is -2.29. The molecule has 0 amide bonds. The van der Waals surface area contributed by atoms with Gasteiger partial charge in [0.2, 0.25) is 8.32 Å². The normalized spacial score (nSPS) is 13.1. The third-order valence-corrected chi connectivity index (χ3v) is 5.57. The molecule has 0 heterocycles. The van der Waals surface area contributed by atoms with E-state index in [0.717, 1.165) is 6.54 Å². The van der Waals surface area contributed by atoms with Crippen LogP contribution in [0.1, 0.15) is 6.42 Å². The second kappa shape index (κ2) is 5.27. The summed E-state index contributed by atoms with van der Waals surface area (Å²) in [4.78, 5) is 11.5. The molecule has 0 aromatic rings. The Balaban J connectivity index is 3.92. The second-order valence-corrected chi connectivity index (χ2v) is 15.5. The van der Waals surface area contributed by atoms with Crippen molar-refractivity contribution in [1.82, 2.24) is 4.57 Å². The molecule has 3 nitrogen and oxygen atoms in total. The minimum atomic E-state index is -1.69. The first kappa shape index (κ1) is 14.9. The summed E-state index contributed by atoms with van der Waals surface area (Å²) in [6.45, 7) is 13.7. The van der Waals surface area contributed by atoms with Crippen LogP contribution in [0.5, 0.6) is 0 Å². The Labute approximate surface area is 96.0 Å². The van der Waals surface area contributed by atoms with Gasteiger partial charge >= 0.3 is 0 Å². The van der Waals surface area contributed by atoms with E-state index in [4.69, 9.17) is 4.43 Å². The summed E-state index contributed by atoms with van der Waals surface area (Å²) >= 11 is 0. The fraction of sp³-hybridized carbons (Fsp3) is 0.900. The molecule has 0 aliphatic carbocycles. The summed E-state index contributed by atoms with van der Waals surface area (Å²) in [6, 6.07) is 0. The Morgan fingerprint density at radius 3 is 1.93 bits per heavy atom. The van der Waals surface area contributed by atoms with Crippen molar-refractivity contribution >= 4 is 22.5 Å². The largest absolute Gasteiger partial charge is 0.520 e. The highest BCUT2D eigenvalue weighted by Gasteiger charge is 2.23. The van der Waals surface area contributed by atoms with Gasteiger partial charge in [0.15, 0.2) is 0 Å². The smallest absolute Gasteiger partial charge is 0.293 e. The standard InChI is InChI=1S/C10H25NO2Si2/c1-11(14(2,3)4)9-8-10(12)13-15(5,6)7/h8-9H2,1-7H3. The average Bonchev–Trinajstić information content (AvgIpc) is 1.94. The number of carbonyl (C=O) groups is 1. The van der Waals surface area contributed by atoms with E-state index in [1.807, 2.05) is 19.6 Å². The third-order valence-electron chi connectivity index (χ3n) is 2.22. The van der Waals surface area contributed by atoms with Crippen LogP contribution in [0, 0.1) is 0 Å². The molecule has 0 saturated carbocycles. The Kier molecular flexibility index (Phi) is 5.22. The molecule has 0 aromatic heterocycles. The van der Waals surface area contributed by atoms with Gasteiger partial charge in [0.1, 0.15) is 8.24 Å². The summed E-state index contributed by atoms with van der Waals surface area (Å²) in [5, 5.41) is 0. The van der Waals surface area contributed by atoms with E-state index in [9.17, 15) is 4.79 Å². The van der Waals surface area contributed by atoms with E-state index in [0.29, 0.717) is 6.42 Å². The van der Waals surface area contributed by atoms with Crippen LogP contribution < -0.4 is 0 Å². The van der Waals surface area contributed by atoms with Crippen LogP contribution in [0.3, 0.4) is 0 Å². The van der Waals surface area contributed by atoms with Crippen LogP contribution in [0.4, 0.5) is 0 Å². The molecule has 0 radical (unpaired) electrons. The van der Waals surface area contributed by atoms with Gasteiger partial charge in [-0.25, -0.2) is 0 Å². The van der Waals surface area contributed by atoms with E-state index in [1.165, 1.54) is 0 Å². The van der Waals surface area contributed by atoms with Gasteiger partial charge < -0.3 is 8.99 Å². The lowest BCUT2D eigenvalue weighted by atomic mass is 10.4. The molecule has 0 aliphatic heterocycles. The highest BCUT2D eigenvalue weighted by atomic mass is 28.4. The van der Waals surface area contributed by atoms with Gasteiger partial charge in [0, 0.05) is 6.54 Å². The van der Waals surface area contributed by atoms with Crippen molar-refractivity contribution in [3.8, 4) is 0 Å². The number of carbonyl (C=O) groups excluding carboxylic acids is 1. The van der Waals surface area contributed by atoms with Crippen LogP contribution in [-0.4, -0.2) is 40.7 Å². The van der Waals surface area contributed by atoms with Crippen molar-refractivity contribution in [2.75, 3.05) is 13.6 Å². The minimum absolute atomic E-state index is 0.0423. The molecule has 0 saturated heterocycles. The predicted molar refractivity (Wildman–Crippen MR) is 70.0 cm³/mol. The predicted octanol–water partition coefficient (Wildman–Crippen LogP) is 2.52. The molecule has 0 unspecified atom stereocenters. The monoisotopic (exact) mass is 247 g/mol. The van der Waals surface area contributed by atoms with E-state index < -0.39 is 16.6 Å². The maximum absolute atomic E-state index is 11.5. The topological polar surface area (TPSA) is 29.5 Å². The van der Waals surface area contributed by atoms with Crippen molar-refractivity contribution in [1.29, 1.82) is 0 Å². The van der Waals surface area contributed by atoms with Crippen molar-refractivity contribution in [3.63, 3.8) is 0 Å². The van der Waals surface area contributed by atoms with Gasteiger partial charge in [-0.1, -0.05) is 19.6 Å². The van der Waals surface area contributed by atoms with E-state index in [2.05, 4.69) is 31.3 Å². The van der Waals surface area contributed by atoms with Gasteiger partial charge in [-0.3, -0.25) is 4.79 Å². The zero-order valence-electron chi connectivity index (χ0n) is 11.2. The van der Waals surface area contributed by atoms with Crippen LogP contribution >= 0.6 is 0 Å². The summed E-state index contributed by atoms with van der Waals surface area (Å²) in [6.07, 6.45) is 0.519. The molecule has 0 aromatic carbocycles. The van der Waals surface area contributed by atoms with Crippen LogP contribution in [0.15, 0.2) is 0 Å². The first-order valence-electron chi connectivity index (χ1n) is 5.45. The van der Waals surface area contributed by atoms with Gasteiger partial charge in [-0.15, -0.1) is 0 Å². The summed E-state index contributed by atoms with van der Waals surface area (Å²) in [5.74, 6) is -0.0423. The fourth-order valence-electron chi connectivity index (χ4n) is 0.987. The maximum atomic E-state index is 11.5. The molecule has 90 valence electrons. The molecule has 15 heavy (non-hydrogen) atoms. The van der Waals surface area contributed by atoms with Crippen LogP contribution in [-0.2, 0) is 9.22 Å². The fourth-order valence-corrected chi connectivity index (χ4v) is 2.55. The van der Waals surface area contributed by atoms with Crippen LogP contribution in [0.2, 0.25) is 39.3 Å². The molecule has 0 rings (SSSR count). The Morgan fingerprint density at radius 2 is 1.60 bits per heavy atom. The lowest BCUT2D eigenvalue weighted by molar-refractivity contribution is -0.135. The molecule has 0 aliphatic rings. The zero-order valence-corrected chi connectivity index (χ0v) is 13.2. The first-order valence-corrected chi connectivity index (χ1v) is 12.3. The Morgan fingerprint density at radius 1 is 1.13 bits per heavy atom. The molecule has 0 bridgehead atoms. The number of hydrogen-bond acceptors (Lipinski definition) is 3. The molecular weight excluding hydrogens is 222 g/mol. The van der Waals surface area contributed by atoms with Crippen molar-refractivity contribution in [3.05, 3.63) is 0 Å². The number of nitrogens with zero attached hydrogens (tertiary/aromatic N) is 1. The molecule has 5 heteroatoms. The minimum Gasteiger partial charge on any atom is -0.520 e. The van der Waals surface area contributed by atoms with Gasteiger partial charge in [0.25, 0.3) is 5.97 Å². The van der Waals surface area contributed by atoms with Crippen LogP contribution in [0.25, 0.3) is 0 Å². The molecule has 0 fully saturated rings. The molecule has 0 N–H and O–H groups in total. The van der Waals surface area contributed by atoms with Gasteiger partial charge in [-0.05, 0) is 26.7 Å². The molecule has 0 spiro atoms. The summed E-state index contributed by atoms with van der Waals surface area (Å²) < 4.78 is 7.69. The quantitative estimate of drug-likeness (QED) is 0.699. The SMILES string of the molecule is CN(CCC(=O)O[Si](C)(C)C)[Si](C)(C)C. The lowest BCUT2D eigenvalue weighted by Crippen LogP contribution is -2.44. The second-order valence-electron chi connectivity index (χ2n) is 5.93. The number of rotatable bonds is 5. The highest BCUT2D eigenvalue weighted by molar-refractivity contribution is 6.73. The van der Waals surface area contributed by atoms with E-state index >= 15 is 0 Å². The number of hydrogen-bond donors (Lipinski definition) is 0. The van der Waals surface area contributed by atoms with E-state index in [-0.39, 0.29) is 5.97 Å². The van der Waals surface area contributed by atoms with E-state index in [1.54, 1.807) is 0 Å². The Hall–Kier alpha value is -0.136. The van der Waals surface area contributed by atoms with Crippen molar-refractivity contribution in [2.45, 2.75) is 45.7 Å². The van der Waals surface area contributed by atoms with Gasteiger partial charge in [-0.2, -0.15) is 0 Å². The zero-order chi connectivity index (χ0) is 12.3. The summed E-state index contributed by atoms with van der Waals surface area (Å²) in [7, 11) is -0.853. The first-order chi connectivity index (χ1) is 6.52. The molecular formula is C10H25NO2Si2. The average molecular weight is 247 g/mol. The van der Waals surface area contributed by atoms with Gasteiger partial charge in [0.05, 0.1) is 6.42 Å². The third kappa shape index (κ3) is 7.75. The van der Waals surface area contributed by atoms with Crippen molar-refractivity contribution < 1.29 is 9.22 Å². The summed E-state index contributed by atoms with van der Waals surface area (Å²) in [5.41, 5.74) is 0. The maximum Gasteiger partial charge on any atom is 0.293 e. The molecule has 0 atom stereocenters. The Bertz CT molecular complexity index is 218. The highest BCUT2D eigenvalue weighted by Crippen LogP contribution is 2.09. The van der Waals surface area contributed by atoms with Crippen molar-refractivity contribution in [2.24, 2.45) is 0 Å².